The molecule has 1 amide bonds. The quantitative estimate of drug-likeness (QED) is 0.724. The van der Waals surface area contributed by atoms with Crippen LogP contribution in [0.1, 0.15) is 24.5 Å². The number of aryl methyl sites for hydroxylation is 2. The van der Waals surface area contributed by atoms with Gasteiger partial charge in [0, 0.05) is 22.8 Å². The Balaban J connectivity index is 1.90. The van der Waals surface area contributed by atoms with Crippen LogP contribution in [0.5, 0.6) is 0 Å². The highest BCUT2D eigenvalue weighted by atomic mass is 35.5. The Bertz CT molecular complexity index is 657. The fourth-order valence-corrected chi connectivity index (χ4v) is 3.41. The lowest BCUT2D eigenvalue weighted by Gasteiger charge is -2.13. The molecule has 116 valence electrons. The van der Waals surface area contributed by atoms with Crippen LogP contribution in [0.15, 0.2) is 47.4 Å². The highest BCUT2D eigenvalue weighted by Gasteiger charge is 2.09. The van der Waals surface area contributed by atoms with E-state index in [1.165, 1.54) is 5.56 Å². The van der Waals surface area contributed by atoms with Crippen molar-refractivity contribution in [3.05, 3.63) is 58.6 Å². The number of para-hydroxylation sites is 1. The molecular weight excluding hydrogens is 314 g/mol. The van der Waals surface area contributed by atoms with Crippen molar-refractivity contribution in [3.8, 4) is 0 Å². The summed E-state index contributed by atoms with van der Waals surface area (Å²) in [6, 6.07) is 13.8. The topological polar surface area (TPSA) is 29.1 Å². The van der Waals surface area contributed by atoms with Gasteiger partial charge in [-0.1, -0.05) is 48.9 Å². The van der Waals surface area contributed by atoms with Crippen molar-refractivity contribution < 1.29 is 4.79 Å². The fraction of sp³-hybridized carbons (Fsp3) is 0.278. The number of hydrogen-bond donors (Lipinski definition) is 1. The van der Waals surface area contributed by atoms with E-state index >= 15 is 0 Å². The molecule has 0 spiro atoms. The molecule has 4 heteroatoms. The number of thioether (sulfide) groups is 1. The largest absolute Gasteiger partial charge is 0.326 e. The zero-order chi connectivity index (χ0) is 15.9. The van der Waals surface area contributed by atoms with Crippen LogP contribution in [-0.2, 0) is 11.2 Å². The number of rotatable bonds is 6. The molecular formula is C18H20ClNOS. The van der Waals surface area contributed by atoms with Crippen LogP contribution in [0.25, 0.3) is 0 Å². The normalized spacial score (nSPS) is 10.5. The molecule has 1 N–H and O–H groups in total. The first-order valence-electron chi connectivity index (χ1n) is 7.37. The van der Waals surface area contributed by atoms with Gasteiger partial charge in [-0.3, -0.25) is 4.79 Å². The van der Waals surface area contributed by atoms with Gasteiger partial charge < -0.3 is 5.32 Å². The Kier molecular flexibility index (Phi) is 6.34. The summed E-state index contributed by atoms with van der Waals surface area (Å²) < 4.78 is 0. The molecule has 0 saturated heterocycles. The maximum atomic E-state index is 12.2. The van der Waals surface area contributed by atoms with Crippen molar-refractivity contribution in [1.29, 1.82) is 0 Å². The third-order valence-corrected chi connectivity index (χ3v) is 4.94. The van der Waals surface area contributed by atoms with Crippen molar-refractivity contribution >= 4 is 35.0 Å². The average molecular weight is 334 g/mol. The second kappa shape index (κ2) is 8.25. The molecule has 2 rings (SSSR count). The summed E-state index contributed by atoms with van der Waals surface area (Å²) in [7, 11) is 0. The van der Waals surface area contributed by atoms with E-state index < -0.39 is 0 Å². The zero-order valence-corrected chi connectivity index (χ0v) is 14.4. The lowest BCUT2D eigenvalue weighted by Crippen LogP contribution is -2.14. The smallest absolute Gasteiger partial charge is 0.225 e. The Morgan fingerprint density at radius 1 is 1.18 bits per heavy atom. The second-order valence-electron chi connectivity index (χ2n) is 5.04. The van der Waals surface area contributed by atoms with Crippen LogP contribution in [0.4, 0.5) is 5.69 Å². The first kappa shape index (κ1) is 16.9. The minimum absolute atomic E-state index is 0.0450. The predicted molar refractivity (Wildman–Crippen MR) is 96.0 cm³/mol. The van der Waals surface area contributed by atoms with E-state index in [0.29, 0.717) is 12.2 Å². The summed E-state index contributed by atoms with van der Waals surface area (Å²) in [5, 5.41) is 3.78. The molecule has 0 saturated carbocycles. The van der Waals surface area contributed by atoms with Crippen molar-refractivity contribution in [1.82, 2.24) is 0 Å². The molecule has 0 aliphatic carbocycles. The molecule has 2 aromatic rings. The van der Waals surface area contributed by atoms with Gasteiger partial charge in [0.15, 0.2) is 0 Å². The first-order valence-corrected chi connectivity index (χ1v) is 8.74. The highest BCUT2D eigenvalue weighted by Crippen LogP contribution is 2.27. The van der Waals surface area contributed by atoms with Crippen molar-refractivity contribution in [2.75, 3.05) is 11.1 Å². The number of anilines is 1. The number of carbonyl (C=O) groups excluding carboxylic acids is 1. The molecule has 2 nitrogen and oxygen atoms in total. The van der Waals surface area contributed by atoms with Crippen molar-refractivity contribution in [2.45, 2.75) is 31.6 Å². The molecule has 0 heterocycles. The summed E-state index contributed by atoms with van der Waals surface area (Å²) in [6.45, 7) is 4.12. The summed E-state index contributed by atoms with van der Waals surface area (Å²) >= 11 is 7.72. The van der Waals surface area contributed by atoms with Crippen molar-refractivity contribution in [2.24, 2.45) is 0 Å². The highest BCUT2D eigenvalue weighted by molar-refractivity contribution is 7.99. The number of carbonyl (C=O) groups is 1. The Morgan fingerprint density at radius 3 is 2.68 bits per heavy atom. The van der Waals surface area contributed by atoms with Gasteiger partial charge in [-0.2, -0.15) is 0 Å². The summed E-state index contributed by atoms with van der Waals surface area (Å²) in [5.74, 6) is 0.756. The van der Waals surface area contributed by atoms with E-state index in [2.05, 4.69) is 18.3 Å². The van der Waals surface area contributed by atoms with Gasteiger partial charge in [-0.05, 0) is 36.6 Å². The van der Waals surface area contributed by atoms with Gasteiger partial charge in [0.05, 0.1) is 5.02 Å². The minimum Gasteiger partial charge on any atom is -0.326 e. The molecule has 0 atom stereocenters. The number of nitrogens with one attached hydrogen (secondary N) is 1. The molecule has 0 bridgehead atoms. The maximum absolute atomic E-state index is 12.2. The van der Waals surface area contributed by atoms with E-state index in [-0.39, 0.29) is 5.91 Å². The Labute approximate surface area is 141 Å². The fourth-order valence-electron chi connectivity index (χ4n) is 2.22. The third-order valence-electron chi connectivity index (χ3n) is 3.43. The summed E-state index contributed by atoms with van der Waals surface area (Å²) in [4.78, 5) is 13.2. The minimum atomic E-state index is 0.0450. The molecule has 0 fully saturated rings. The van der Waals surface area contributed by atoms with Crippen molar-refractivity contribution in [3.63, 3.8) is 0 Å². The van der Waals surface area contributed by atoms with Crippen LogP contribution in [0.2, 0.25) is 5.02 Å². The van der Waals surface area contributed by atoms with Crippen LogP contribution in [-0.4, -0.2) is 11.7 Å². The third kappa shape index (κ3) is 4.52. The van der Waals surface area contributed by atoms with Crippen LogP contribution >= 0.6 is 23.4 Å². The van der Waals surface area contributed by atoms with E-state index in [1.807, 2.05) is 43.3 Å². The van der Waals surface area contributed by atoms with Gasteiger partial charge in [0.25, 0.3) is 0 Å². The van der Waals surface area contributed by atoms with Gasteiger partial charge in [-0.25, -0.2) is 0 Å². The first-order chi connectivity index (χ1) is 10.6. The molecule has 0 aliphatic rings. The predicted octanol–water partition coefficient (Wildman–Crippen LogP) is 5.33. The molecule has 2 aromatic carbocycles. The van der Waals surface area contributed by atoms with Crippen LogP contribution in [0.3, 0.4) is 0 Å². The SMILES string of the molecule is CCc1cccc(C)c1NC(=O)CCSc1ccccc1Cl. The number of amides is 1. The van der Waals surface area contributed by atoms with Crippen LogP contribution in [0, 0.1) is 6.92 Å². The molecule has 0 aromatic heterocycles. The number of halogens is 1. The van der Waals surface area contributed by atoms with Gasteiger partial charge >= 0.3 is 0 Å². The lowest BCUT2D eigenvalue weighted by molar-refractivity contribution is -0.115. The number of hydrogen-bond acceptors (Lipinski definition) is 2. The molecule has 0 radical (unpaired) electrons. The Hall–Kier alpha value is -1.45. The lowest BCUT2D eigenvalue weighted by atomic mass is 10.1. The standard InChI is InChI=1S/C18H20ClNOS/c1-3-14-8-6-7-13(2)18(14)20-17(21)11-12-22-16-10-5-4-9-15(16)19/h4-10H,3,11-12H2,1-2H3,(H,20,21). The van der Waals surface area contributed by atoms with E-state index in [1.54, 1.807) is 11.8 Å². The summed E-state index contributed by atoms with van der Waals surface area (Å²) in [5.41, 5.74) is 3.23. The molecule has 0 unspecified atom stereocenters. The van der Waals surface area contributed by atoms with Gasteiger partial charge in [-0.15, -0.1) is 11.8 Å². The van der Waals surface area contributed by atoms with E-state index in [4.69, 9.17) is 11.6 Å². The maximum Gasteiger partial charge on any atom is 0.225 e. The number of benzene rings is 2. The zero-order valence-electron chi connectivity index (χ0n) is 12.9. The summed E-state index contributed by atoms with van der Waals surface area (Å²) in [6.07, 6.45) is 1.37. The van der Waals surface area contributed by atoms with Gasteiger partial charge in [0.1, 0.15) is 0 Å². The average Bonchev–Trinajstić information content (AvgIpc) is 2.51. The second-order valence-corrected chi connectivity index (χ2v) is 6.58. The van der Waals surface area contributed by atoms with E-state index in [0.717, 1.165) is 27.6 Å². The van der Waals surface area contributed by atoms with Gasteiger partial charge in [0.2, 0.25) is 5.91 Å². The van der Waals surface area contributed by atoms with Crippen LogP contribution < -0.4 is 5.32 Å². The monoisotopic (exact) mass is 333 g/mol. The molecule has 0 aliphatic heterocycles. The molecule has 22 heavy (non-hydrogen) atoms. The van der Waals surface area contributed by atoms with E-state index in [9.17, 15) is 4.79 Å². The Morgan fingerprint density at radius 2 is 1.95 bits per heavy atom.